The molecule has 0 spiro atoms. The van der Waals surface area contributed by atoms with Gasteiger partial charge in [0.25, 0.3) is 0 Å². The van der Waals surface area contributed by atoms with E-state index in [9.17, 15) is 0 Å². The third-order valence-corrected chi connectivity index (χ3v) is 27.3. The maximum atomic E-state index is 5.41. The van der Waals surface area contributed by atoms with E-state index in [2.05, 4.69) is 0 Å². The second kappa shape index (κ2) is 32.2. The Bertz CT molecular complexity index is 588. The average molecular weight is 845 g/mol. The summed E-state index contributed by atoms with van der Waals surface area (Å²) in [5.41, 5.74) is 0. The lowest BCUT2D eigenvalue weighted by molar-refractivity contribution is 0.123. The van der Waals surface area contributed by atoms with Crippen LogP contribution in [-0.4, -0.2) is 144 Å². The van der Waals surface area contributed by atoms with Crippen molar-refractivity contribution in [3.8, 4) is 0 Å². The third kappa shape index (κ3) is 21.8. The summed E-state index contributed by atoms with van der Waals surface area (Å²) in [7, 11) is 21.3. The number of hydrogen-bond donors (Lipinski definition) is 0. The van der Waals surface area contributed by atoms with Crippen molar-refractivity contribution in [3.05, 3.63) is 0 Å². The van der Waals surface area contributed by atoms with Crippen LogP contribution in [0, 0.1) is 0 Å². The van der Waals surface area contributed by atoms with Gasteiger partial charge in [0.1, 0.15) is 0 Å². The Labute approximate surface area is 307 Å². The summed E-state index contributed by atoms with van der Waals surface area (Å²) < 4.78 is 64.8. The van der Waals surface area contributed by atoms with Gasteiger partial charge in [-0.3, -0.25) is 0 Å². The summed E-state index contributed by atoms with van der Waals surface area (Å²) in [6.07, 6.45) is 4.08. The molecule has 280 valence electrons. The summed E-state index contributed by atoms with van der Waals surface area (Å²) in [6, 6.07) is 3.38. The second-order valence-electron chi connectivity index (χ2n) is 9.02. The third-order valence-electron chi connectivity index (χ3n) is 6.78. The first kappa shape index (κ1) is 50.6. The van der Waals surface area contributed by atoms with Crippen molar-refractivity contribution in [3.63, 3.8) is 0 Å². The van der Waals surface area contributed by atoms with Crippen LogP contribution in [-0.2, 0) is 53.1 Å². The smallest absolute Gasteiger partial charge is 0.377 e. The summed E-state index contributed by atoms with van der Waals surface area (Å²) in [5, 5.41) is 0. The zero-order valence-electron chi connectivity index (χ0n) is 29.8. The second-order valence-corrected chi connectivity index (χ2v) is 30.3. The molecule has 0 unspecified atom stereocenters. The van der Waals surface area contributed by atoms with E-state index in [4.69, 9.17) is 53.1 Å². The Balaban J connectivity index is 0. The number of hydrogen-bond acceptors (Lipinski definition) is 18. The highest BCUT2D eigenvalue weighted by Crippen LogP contribution is 2.44. The van der Waals surface area contributed by atoms with E-state index in [0.29, 0.717) is 0 Å². The molecule has 0 bridgehead atoms. The van der Waals surface area contributed by atoms with Gasteiger partial charge < -0.3 is 53.1 Å². The SMILES string of the molecule is CO[Si](CCCSSCCC[Si](OC)(OC)OC)(OC)OC.CO[Si](CCCSSSSCCC[Si](OC)(OC)OC)(OC)OC. The summed E-state index contributed by atoms with van der Waals surface area (Å²) in [6.45, 7) is 0. The molecule has 0 radical (unpaired) electrons. The Kier molecular flexibility index (Phi) is 35.4. The molecule has 0 saturated carbocycles. The minimum Gasteiger partial charge on any atom is -0.377 e. The zero-order valence-corrected chi connectivity index (χ0v) is 38.7. The van der Waals surface area contributed by atoms with Gasteiger partial charge in [0.2, 0.25) is 0 Å². The summed E-state index contributed by atoms with van der Waals surface area (Å²) in [5.74, 6) is 4.21. The average Bonchev–Trinajstić information content (AvgIpc) is 3.11. The molecule has 0 rings (SSSR count). The van der Waals surface area contributed by atoms with Crippen molar-refractivity contribution in [1.82, 2.24) is 0 Å². The lowest BCUT2D eigenvalue weighted by Crippen LogP contribution is -2.42. The first-order chi connectivity index (χ1) is 22.1. The molecule has 0 heterocycles. The van der Waals surface area contributed by atoms with Gasteiger partial charge in [-0.15, -0.1) is 0 Å². The molecule has 0 aromatic carbocycles. The largest absolute Gasteiger partial charge is 0.500 e. The molecule has 46 heavy (non-hydrogen) atoms. The van der Waals surface area contributed by atoms with Crippen molar-refractivity contribution >= 4 is 98.0 Å². The highest BCUT2D eigenvalue weighted by atomic mass is 33.7. The van der Waals surface area contributed by atoms with Crippen LogP contribution in [0.4, 0.5) is 0 Å². The molecule has 0 amide bonds. The van der Waals surface area contributed by atoms with Crippen LogP contribution in [0.25, 0.3) is 0 Å². The van der Waals surface area contributed by atoms with Gasteiger partial charge in [0, 0.05) is 133 Å². The van der Waals surface area contributed by atoms with Gasteiger partial charge in [-0.25, -0.2) is 0 Å². The van der Waals surface area contributed by atoms with Crippen LogP contribution in [0.15, 0.2) is 0 Å². The quantitative estimate of drug-likeness (QED) is 0.0390. The fraction of sp³-hybridized carbons (Fsp3) is 1.00. The standard InChI is InChI=1S/C12H30O6S4Si2.C12H30O6S2Si2/c1-13-23(14-2,15-3)11-7-9-19-21-22-20-10-8-12-24(16-4,17-5)18-6;1-13-21(14-2,15-3)11-7-9-19-20-10-8-12-22(16-4,17-5)18-6/h7-12H2,1-6H3;7-12H2,1-6H3. The van der Waals surface area contributed by atoms with Crippen LogP contribution in [0.5, 0.6) is 0 Å². The van der Waals surface area contributed by atoms with E-state index >= 15 is 0 Å². The fourth-order valence-corrected chi connectivity index (χ4v) is 20.1. The van der Waals surface area contributed by atoms with Crippen molar-refractivity contribution in [2.75, 3.05) is 108 Å². The minimum atomic E-state index is -2.40. The highest BCUT2D eigenvalue weighted by Gasteiger charge is 2.39. The van der Waals surface area contributed by atoms with Crippen molar-refractivity contribution < 1.29 is 53.1 Å². The van der Waals surface area contributed by atoms with Crippen LogP contribution in [0.2, 0.25) is 24.2 Å². The molecule has 0 fully saturated rings. The van der Waals surface area contributed by atoms with Gasteiger partial charge in [-0.2, -0.15) is 0 Å². The van der Waals surface area contributed by atoms with E-state index in [1.54, 1.807) is 85.3 Å². The van der Waals surface area contributed by atoms with Crippen LogP contribution < -0.4 is 0 Å². The van der Waals surface area contributed by atoms with E-state index in [1.807, 2.05) is 62.8 Å². The topological polar surface area (TPSA) is 111 Å². The molecule has 0 saturated heterocycles. The van der Waals surface area contributed by atoms with Gasteiger partial charge >= 0.3 is 35.2 Å². The van der Waals surface area contributed by atoms with E-state index < -0.39 is 35.2 Å². The minimum absolute atomic E-state index is 0.844. The van der Waals surface area contributed by atoms with Gasteiger partial charge in [-0.1, -0.05) is 43.2 Å². The molecule has 12 nitrogen and oxygen atoms in total. The molecule has 22 heteroatoms. The first-order valence-corrected chi connectivity index (χ1v) is 30.0. The van der Waals surface area contributed by atoms with Gasteiger partial charge in [0.05, 0.1) is 0 Å². The molecule has 0 aromatic rings. The van der Waals surface area contributed by atoms with Crippen molar-refractivity contribution in [2.24, 2.45) is 0 Å². The van der Waals surface area contributed by atoms with Crippen LogP contribution >= 0.6 is 62.8 Å². The van der Waals surface area contributed by atoms with Crippen LogP contribution in [0.3, 0.4) is 0 Å². The monoisotopic (exact) mass is 844 g/mol. The highest BCUT2D eigenvalue weighted by molar-refractivity contribution is 9.26. The maximum absolute atomic E-state index is 5.41. The van der Waals surface area contributed by atoms with Crippen molar-refractivity contribution in [1.29, 1.82) is 0 Å². The van der Waals surface area contributed by atoms with Crippen LogP contribution in [0.1, 0.15) is 25.7 Å². The molecule has 0 aromatic heterocycles. The fourth-order valence-electron chi connectivity index (χ4n) is 3.84. The normalized spacial score (nSPS) is 12.8. The lowest BCUT2D eigenvalue weighted by Gasteiger charge is -2.24. The van der Waals surface area contributed by atoms with Crippen molar-refractivity contribution in [2.45, 2.75) is 49.9 Å². The van der Waals surface area contributed by atoms with E-state index in [0.717, 1.165) is 72.9 Å². The first-order valence-electron chi connectivity index (χ1n) is 14.6. The molecule has 0 aliphatic carbocycles. The molecular formula is C24H60O12S6Si4. The Morgan fingerprint density at radius 3 is 0.630 bits per heavy atom. The Morgan fingerprint density at radius 2 is 0.457 bits per heavy atom. The molecule has 0 aliphatic rings. The zero-order chi connectivity index (χ0) is 35.2. The number of rotatable bonds is 32. The predicted molar refractivity (Wildman–Crippen MR) is 210 cm³/mol. The predicted octanol–water partition coefficient (Wildman–Crippen LogP) is 7.10. The molecule has 0 aliphatic heterocycles. The van der Waals surface area contributed by atoms with E-state index in [-0.39, 0.29) is 0 Å². The van der Waals surface area contributed by atoms with Gasteiger partial charge in [0.15, 0.2) is 0 Å². The Morgan fingerprint density at radius 1 is 0.283 bits per heavy atom. The Hall–Kier alpha value is 2.49. The maximum Gasteiger partial charge on any atom is 0.500 e. The summed E-state index contributed by atoms with van der Waals surface area (Å²) in [4.78, 5) is 0. The lowest BCUT2D eigenvalue weighted by atomic mass is 10.6. The molecular weight excluding hydrogens is 785 g/mol. The molecule has 0 atom stereocenters. The summed E-state index contributed by atoms with van der Waals surface area (Å²) >= 11 is 0. The molecule has 0 N–H and O–H groups in total. The van der Waals surface area contributed by atoms with Gasteiger partial charge in [-0.05, 0) is 45.3 Å². The van der Waals surface area contributed by atoms with E-state index in [1.165, 1.54) is 0 Å².